The van der Waals surface area contributed by atoms with Gasteiger partial charge in [0.2, 0.25) is 0 Å². The van der Waals surface area contributed by atoms with Crippen LogP contribution in [0.4, 0.5) is 0 Å². The molecule has 3 aliphatic carbocycles. The molecule has 0 amide bonds. The van der Waals surface area contributed by atoms with Gasteiger partial charge >= 0.3 is 0 Å². The van der Waals surface area contributed by atoms with Crippen molar-refractivity contribution < 1.29 is 23.0 Å². The molecule has 306 valence electrons. The Morgan fingerprint density at radius 2 is 1.32 bits per heavy atom. The van der Waals surface area contributed by atoms with Gasteiger partial charge < -0.3 is 4.74 Å². The number of hydrogen-bond acceptors (Lipinski definition) is 2. The number of aromatic nitrogens is 4. The van der Waals surface area contributed by atoms with Gasteiger partial charge in [-0.15, -0.1) is 0 Å². The molecule has 63 heavy (non-hydrogen) atoms. The van der Waals surface area contributed by atoms with E-state index in [1.807, 2.05) is 95.7 Å². The van der Waals surface area contributed by atoms with Crippen LogP contribution in [0.5, 0.6) is 11.5 Å². The number of fused-ring (bicyclic) bond motifs is 4. The van der Waals surface area contributed by atoms with Crippen molar-refractivity contribution in [1.82, 2.24) is 14.1 Å². The van der Waals surface area contributed by atoms with E-state index in [1.54, 1.807) is 4.57 Å². The summed E-state index contributed by atoms with van der Waals surface area (Å²) in [7, 11) is 0. The first-order chi connectivity index (χ1) is 34.8. The maximum Gasteiger partial charge on any atom is 0.269 e. The average Bonchev–Trinajstić information content (AvgIpc) is 3.91. The molecule has 0 spiro atoms. The van der Waals surface area contributed by atoms with Crippen molar-refractivity contribution in [3.05, 3.63) is 199 Å². The summed E-state index contributed by atoms with van der Waals surface area (Å²) in [5, 5.41) is 2.14. The number of pyridine rings is 1. The molecular weight excluding hydrogens is 769 g/mol. The monoisotopic (exact) mass is 826 g/mol. The van der Waals surface area contributed by atoms with Crippen molar-refractivity contribution in [3.8, 4) is 50.9 Å². The first kappa shape index (κ1) is 28.4. The van der Waals surface area contributed by atoms with Gasteiger partial charge in [0.15, 0.2) is 0 Å². The van der Waals surface area contributed by atoms with Crippen LogP contribution in [0.1, 0.15) is 71.8 Å². The maximum absolute atomic E-state index is 9.32. The molecule has 2 bridgehead atoms. The first-order valence-corrected chi connectivity index (χ1v) is 21.3. The Hall–Kier alpha value is -7.24. The summed E-state index contributed by atoms with van der Waals surface area (Å²) in [5.41, 5.74) is 6.19. The van der Waals surface area contributed by atoms with Gasteiger partial charge in [-0.25, -0.2) is 4.98 Å². The van der Waals surface area contributed by atoms with E-state index in [0.717, 1.165) is 58.0 Å². The number of imidazole rings is 1. The van der Waals surface area contributed by atoms with Crippen molar-refractivity contribution in [3.63, 3.8) is 0 Å². The number of para-hydroxylation sites is 3. The number of benzene rings is 7. The van der Waals surface area contributed by atoms with Gasteiger partial charge in [0.05, 0.1) is 47.1 Å². The van der Waals surface area contributed by atoms with Crippen LogP contribution in [0, 0.1) is 11.7 Å². The predicted octanol–water partition coefficient (Wildman–Crippen LogP) is 14.1. The Labute approximate surface area is 382 Å². The predicted molar refractivity (Wildman–Crippen MR) is 256 cm³/mol. The number of rotatable bonds is 8. The molecule has 10 aromatic rings. The zero-order chi connectivity index (χ0) is 51.2. The Kier molecular flexibility index (Phi) is 6.25. The van der Waals surface area contributed by atoms with Gasteiger partial charge in [-0.2, -0.15) is 0 Å². The molecular formula is C58H48N4O. The van der Waals surface area contributed by atoms with E-state index >= 15 is 0 Å². The molecule has 3 fully saturated rings. The summed E-state index contributed by atoms with van der Waals surface area (Å²) in [6, 6.07) is 32.5. The highest BCUT2D eigenvalue weighted by atomic mass is 16.5. The van der Waals surface area contributed by atoms with E-state index in [2.05, 4.69) is 68.9 Å². The van der Waals surface area contributed by atoms with Gasteiger partial charge in [-0.1, -0.05) is 149 Å². The Bertz CT molecular complexity index is 3850. The van der Waals surface area contributed by atoms with Crippen LogP contribution in [0.3, 0.4) is 0 Å². The van der Waals surface area contributed by atoms with E-state index in [4.69, 9.17) is 17.9 Å². The summed E-state index contributed by atoms with van der Waals surface area (Å²) in [5.74, 6) is 1.93. The highest BCUT2D eigenvalue weighted by Crippen LogP contribution is 2.73. The second-order valence-electron chi connectivity index (χ2n) is 18.6. The molecule has 3 aliphatic rings. The second-order valence-corrected chi connectivity index (χ2v) is 18.6. The van der Waals surface area contributed by atoms with Crippen LogP contribution in [0.2, 0.25) is 0 Å². The summed E-state index contributed by atoms with van der Waals surface area (Å²) >= 11 is 0. The second kappa shape index (κ2) is 13.9. The lowest BCUT2D eigenvalue weighted by Crippen LogP contribution is -2.62. The third-order valence-electron chi connectivity index (χ3n) is 13.1. The maximum atomic E-state index is 9.32. The molecule has 3 saturated carbocycles. The third-order valence-corrected chi connectivity index (χ3v) is 13.1. The van der Waals surface area contributed by atoms with Gasteiger partial charge in [0, 0.05) is 23.0 Å². The molecule has 5 nitrogen and oxygen atoms in total. The molecule has 0 unspecified atom stereocenters. The normalized spacial score (nSPS) is 20.3. The fraction of sp³-hybridized carbons (Fsp3) is 0.172. The lowest BCUT2D eigenvalue weighted by molar-refractivity contribution is -0.571. The molecule has 0 N–H and O–H groups in total. The number of nitrogens with zero attached hydrogens (tertiary/aromatic N) is 4. The molecule has 0 saturated heterocycles. The molecule has 5 heteroatoms. The Balaban J connectivity index is 1.06. The lowest BCUT2D eigenvalue weighted by Gasteiger charge is -2.70. The average molecular weight is 827 g/mol. The van der Waals surface area contributed by atoms with Crippen molar-refractivity contribution in [1.29, 1.82) is 0 Å². The highest BCUT2D eigenvalue weighted by Gasteiger charge is 2.65. The largest absolute Gasteiger partial charge is 0.458 e. The van der Waals surface area contributed by atoms with Crippen LogP contribution in [-0.2, 0) is 10.8 Å². The molecule has 7 aromatic carbocycles. The van der Waals surface area contributed by atoms with E-state index in [-0.39, 0.29) is 44.2 Å². The summed E-state index contributed by atoms with van der Waals surface area (Å²) in [6.07, 6.45) is 7.96. The summed E-state index contributed by atoms with van der Waals surface area (Å²) < 4.78 is 102. The summed E-state index contributed by atoms with van der Waals surface area (Å²) in [4.78, 5) is 4.84. The lowest BCUT2D eigenvalue weighted by atomic mass is 9.34. The first-order valence-electron chi connectivity index (χ1n) is 26.3. The Morgan fingerprint density at radius 3 is 2.02 bits per heavy atom. The van der Waals surface area contributed by atoms with E-state index < -0.39 is 60.4 Å². The van der Waals surface area contributed by atoms with Crippen molar-refractivity contribution in [2.75, 3.05) is 0 Å². The van der Waals surface area contributed by atoms with Crippen molar-refractivity contribution in [2.45, 2.75) is 57.8 Å². The molecule has 0 radical (unpaired) electrons. The minimum atomic E-state index is -0.544. The topological polar surface area (TPSA) is 35.9 Å². The smallest absolute Gasteiger partial charge is 0.269 e. The number of ether oxygens (including phenoxy) is 1. The zero-order valence-electron chi connectivity index (χ0n) is 45.4. The van der Waals surface area contributed by atoms with Crippen LogP contribution < -0.4 is 9.30 Å². The van der Waals surface area contributed by atoms with Crippen LogP contribution in [0.25, 0.3) is 72.3 Å². The molecule has 0 aliphatic heterocycles. The fourth-order valence-corrected chi connectivity index (χ4v) is 10.4. The third kappa shape index (κ3) is 6.12. The van der Waals surface area contributed by atoms with Crippen LogP contribution >= 0.6 is 0 Å². The SMILES string of the molecule is [2H]c1c([2H])c([2H])c(-c2cc(C34CC(C)(C3)C4)cc(-c3c([2H])c([2H])c([2H])c([2H])c3[2H])c2-[n+]2[c-]n(-c3cccc(Oc4ccc5c6ccccc6n(-c6cc(C(C)(C)C)ccn6)c5c4)c3)c3ccccc32)c([2H])c1[2H]. The quantitative estimate of drug-likeness (QED) is 0.113. The van der Waals surface area contributed by atoms with E-state index in [0.29, 0.717) is 28.2 Å². The van der Waals surface area contributed by atoms with Crippen molar-refractivity contribution >= 4 is 32.8 Å². The molecule has 13 rings (SSSR count). The molecule has 0 atom stereocenters. The van der Waals surface area contributed by atoms with Gasteiger partial charge in [-0.05, 0) is 117 Å². The molecule has 3 heterocycles. The minimum absolute atomic E-state index is 0.0731. The minimum Gasteiger partial charge on any atom is -0.458 e. The number of hydrogen-bond donors (Lipinski definition) is 0. The van der Waals surface area contributed by atoms with Gasteiger partial charge in [0.1, 0.15) is 17.3 Å². The van der Waals surface area contributed by atoms with Crippen molar-refractivity contribution in [2.24, 2.45) is 5.41 Å². The fourth-order valence-electron chi connectivity index (χ4n) is 10.4. The highest BCUT2D eigenvalue weighted by molar-refractivity contribution is 6.09. The van der Waals surface area contributed by atoms with Crippen LogP contribution in [0.15, 0.2) is 182 Å². The van der Waals surface area contributed by atoms with Gasteiger partial charge in [0.25, 0.3) is 6.33 Å². The van der Waals surface area contributed by atoms with Gasteiger partial charge in [-0.3, -0.25) is 13.7 Å². The standard InChI is InChI=1S/C58H48N4O/c1-56(2,3)41-28-29-59-54(32-41)62-50-23-12-11-22-46(50)47-27-26-45(34-53(47)62)63-44-21-15-20-43(33-44)60-38-61(52-25-14-13-24-51(52)60)55-48(39-16-7-5-8-17-39)30-42(58-35-57(4,36-58)37-58)31-49(55)40-18-9-6-10-19-40/h5-34H,35-37H2,1-4H3/i5D,6D,7D,8D,9D,10D,16D,17D,18D,19D. The van der Waals surface area contributed by atoms with Crippen LogP contribution in [-0.4, -0.2) is 14.1 Å². The zero-order valence-corrected chi connectivity index (χ0v) is 35.4. The van der Waals surface area contributed by atoms with E-state index in [1.165, 1.54) is 0 Å². The molecule has 3 aromatic heterocycles. The van der Waals surface area contributed by atoms with E-state index in [9.17, 15) is 5.48 Å². The Morgan fingerprint density at radius 1 is 0.667 bits per heavy atom. The summed E-state index contributed by atoms with van der Waals surface area (Å²) in [6.45, 7) is 8.78.